The van der Waals surface area contributed by atoms with Crippen molar-refractivity contribution < 1.29 is 37.9 Å². The van der Waals surface area contributed by atoms with Gasteiger partial charge in [-0.15, -0.1) is 0 Å². The topological polar surface area (TPSA) is 88.8 Å². The molecule has 50 heavy (non-hydrogen) atoms. The number of furan rings is 1. The van der Waals surface area contributed by atoms with Crippen molar-refractivity contribution in [2.45, 2.75) is 105 Å². The van der Waals surface area contributed by atoms with Gasteiger partial charge in [0.05, 0.1) is 42.1 Å². The Hall–Kier alpha value is -3.98. The van der Waals surface area contributed by atoms with Crippen molar-refractivity contribution in [3.05, 3.63) is 101 Å². The van der Waals surface area contributed by atoms with E-state index < -0.39 is 17.7 Å². The lowest BCUT2D eigenvalue weighted by atomic mass is 9.76. The van der Waals surface area contributed by atoms with Crippen molar-refractivity contribution in [2.75, 3.05) is 13.2 Å². The van der Waals surface area contributed by atoms with E-state index in [-0.39, 0.29) is 17.4 Å². The van der Waals surface area contributed by atoms with Gasteiger partial charge < -0.3 is 37.9 Å². The van der Waals surface area contributed by atoms with Gasteiger partial charge in [-0.3, -0.25) is 0 Å². The van der Waals surface area contributed by atoms with Crippen LogP contribution in [0.4, 0.5) is 0 Å². The fourth-order valence-electron chi connectivity index (χ4n) is 6.98. The van der Waals surface area contributed by atoms with E-state index in [2.05, 4.69) is 59.8 Å². The Morgan fingerprint density at radius 3 is 2.62 bits per heavy atom. The van der Waals surface area contributed by atoms with Crippen molar-refractivity contribution in [3.63, 3.8) is 0 Å². The molecule has 4 heterocycles. The molecule has 0 bridgehead atoms. The van der Waals surface area contributed by atoms with E-state index >= 15 is 0 Å². The first-order valence-corrected chi connectivity index (χ1v) is 17.8. The number of fused-ring (bicyclic) bond motifs is 3. The molecule has 5 unspecified atom stereocenters. The molecule has 5 atom stereocenters. The third-order valence-electron chi connectivity index (χ3n) is 9.96. The summed E-state index contributed by atoms with van der Waals surface area (Å²) < 4.78 is 43.6. The molecule has 268 valence electrons. The van der Waals surface area contributed by atoms with Crippen molar-refractivity contribution in [1.82, 2.24) is 0 Å². The summed E-state index contributed by atoms with van der Waals surface area (Å²) in [6.45, 7) is 17.9. The monoisotopic (exact) mass is 684 g/mol. The van der Waals surface area contributed by atoms with Crippen LogP contribution in [0.2, 0.25) is 0 Å². The molecular weight excluding hydrogens is 632 g/mol. The fourth-order valence-corrected chi connectivity index (χ4v) is 6.98. The van der Waals surface area contributed by atoms with Gasteiger partial charge >= 0.3 is 0 Å². The van der Waals surface area contributed by atoms with Gasteiger partial charge in [0, 0.05) is 24.6 Å². The first-order chi connectivity index (χ1) is 23.8. The van der Waals surface area contributed by atoms with Crippen molar-refractivity contribution in [3.8, 4) is 11.5 Å². The number of ether oxygens (including phenoxy) is 6. The Kier molecular flexibility index (Phi) is 10.3. The van der Waals surface area contributed by atoms with Gasteiger partial charge in [-0.1, -0.05) is 57.4 Å². The van der Waals surface area contributed by atoms with Gasteiger partial charge in [0.2, 0.25) is 12.1 Å². The number of aliphatic hydroxyl groups excluding tert-OH is 1. The maximum atomic E-state index is 10.0. The van der Waals surface area contributed by atoms with Crippen LogP contribution in [-0.4, -0.2) is 42.1 Å². The molecule has 1 aromatic carbocycles. The van der Waals surface area contributed by atoms with Gasteiger partial charge in [0.25, 0.3) is 0 Å². The molecule has 1 N–H and O–H groups in total. The first kappa shape index (κ1) is 35.8. The Labute approximate surface area is 296 Å². The van der Waals surface area contributed by atoms with E-state index in [9.17, 15) is 5.11 Å². The normalized spacial score (nSPS) is 26.5. The van der Waals surface area contributed by atoms with Crippen LogP contribution in [-0.2, 0) is 18.9 Å². The highest BCUT2D eigenvalue weighted by atomic mass is 16.7. The molecule has 8 heteroatoms. The van der Waals surface area contributed by atoms with Crippen LogP contribution in [0.3, 0.4) is 0 Å². The summed E-state index contributed by atoms with van der Waals surface area (Å²) in [5, 5.41) is 10.9. The molecule has 0 fully saturated rings. The number of aliphatic hydroxyl groups is 1. The minimum atomic E-state index is -0.988. The van der Waals surface area contributed by atoms with Gasteiger partial charge in [-0.05, 0) is 81.9 Å². The van der Waals surface area contributed by atoms with E-state index in [1.807, 2.05) is 50.3 Å². The smallest absolute Gasteiger partial charge is 0.228 e. The van der Waals surface area contributed by atoms with E-state index in [0.29, 0.717) is 30.3 Å². The maximum Gasteiger partial charge on any atom is 0.228 e. The van der Waals surface area contributed by atoms with Gasteiger partial charge in [-0.2, -0.15) is 0 Å². The van der Waals surface area contributed by atoms with E-state index in [1.165, 1.54) is 11.1 Å². The molecule has 6 rings (SSSR count). The van der Waals surface area contributed by atoms with Crippen molar-refractivity contribution in [1.29, 1.82) is 0 Å². The predicted molar refractivity (Wildman–Crippen MR) is 195 cm³/mol. The average Bonchev–Trinajstić information content (AvgIpc) is 3.72. The second kappa shape index (κ2) is 14.3. The number of rotatable bonds is 13. The van der Waals surface area contributed by atoms with Crippen LogP contribution in [0.15, 0.2) is 99.8 Å². The molecule has 0 spiro atoms. The Balaban J connectivity index is 1.12. The second-order valence-electron chi connectivity index (χ2n) is 15.1. The van der Waals surface area contributed by atoms with Crippen LogP contribution < -0.4 is 9.47 Å². The van der Waals surface area contributed by atoms with Crippen molar-refractivity contribution >= 4 is 17.0 Å². The van der Waals surface area contributed by atoms with Crippen LogP contribution >= 0.6 is 0 Å². The Morgan fingerprint density at radius 1 is 1.06 bits per heavy atom. The average molecular weight is 685 g/mol. The summed E-state index contributed by atoms with van der Waals surface area (Å²) in [7, 11) is 0. The van der Waals surface area contributed by atoms with E-state index in [4.69, 9.17) is 32.8 Å². The molecule has 0 saturated carbocycles. The second-order valence-corrected chi connectivity index (χ2v) is 15.1. The third kappa shape index (κ3) is 7.53. The highest BCUT2D eigenvalue weighted by molar-refractivity contribution is 5.91. The number of allylic oxidation sites excluding steroid dienone is 3. The lowest BCUT2D eigenvalue weighted by Crippen LogP contribution is -2.43. The van der Waals surface area contributed by atoms with Crippen LogP contribution in [0.1, 0.15) is 86.6 Å². The zero-order chi connectivity index (χ0) is 35.7. The van der Waals surface area contributed by atoms with E-state index in [0.717, 1.165) is 53.7 Å². The number of hydrogen-bond acceptors (Lipinski definition) is 8. The lowest BCUT2D eigenvalue weighted by molar-refractivity contribution is -0.194. The molecule has 4 aliphatic rings. The van der Waals surface area contributed by atoms with Crippen molar-refractivity contribution in [2.24, 2.45) is 11.3 Å². The highest BCUT2D eigenvalue weighted by Crippen LogP contribution is 2.47. The molecule has 0 saturated heterocycles. The largest absolute Gasteiger partial charge is 0.488 e. The number of benzene rings is 1. The summed E-state index contributed by atoms with van der Waals surface area (Å²) in [6.07, 6.45) is 21.8. The van der Waals surface area contributed by atoms with Gasteiger partial charge in [0.15, 0.2) is 0 Å². The predicted octanol–water partition coefficient (Wildman–Crippen LogP) is 9.83. The van der Waals surface area contributed by atoms with Gasteiger partial charge in [-0.25, -0.2) is 0 Å². The summed E-state index contributed by atoms with van der Waals surface area (Å²) >= 11 is 0. The standard InChI is InChI=1S/C42H52O8/c1-9-10-27(2)16-21-46-39-29-15-20-41(7,49-34(29)25-33-30(39)18-22-44-33)50-37(40(4,5)6)13-11-28(3)17-24-47-42(8)31-12-14-38(43)48-36(31)26-35-32(42)19-23-45-35/h12,14-20,22-23,25-26,32,37-38,43H,9-11,13,21,24H2,1-8H3. The molecule has 0 radical (unpaired) electrons. The first-order valence-electron chi connectivity index (χ1n) is 17.8. The van der Waals surface area contributed by atoms with E-state index in [1.54, 1.807) is 18.6 Å². The highest BCUT2D eigenvalue weighted by Gasteiger charge is 2.47. The summed E-state index contributed by atoms with van der Waals surface area (Å²) in [5.41, 5.74) is 4.16. The van der Waals surface area contributed by atoms with Crippen LogP contribution in [0.25, 0.3) is 17.0 Å². The molecule has 1 aliphatic carbocycles. The SMILES string of the molecule is CCCC(C)=CCOc1c2c(cc3occc13)OC(C)(OC(CCC(C)=CCOC1(C)C3=C(C=C4OC=CC41)OC(O)C=C3)C(C)(C)C)C=C2. The summed E-state index contributed by atoms with van der Waals surface area (Å²) in [5.74, 6) is 1.69. The minimum Gasteiger partial charge on any atom is -0.488 e. The minimum absolute atomic E-state index is 0.0788. The number of hydrogen-bond donors (Lipinski definition) is 1. The fraction of sp³-hybridized carbons (Fsp3) is 0.476. The zero-order valence-corrected chi connectivity index (χ0v) is 30.7. The molecule has 1 aromatic heterocycles. The molecule has 8 nitrogen and oxygen atoms in total. The van der Waals surface area contributed by atoms with Crippen LogP contribution in [0.5, 0.6) is 11.5 Å². The van der Waals surface area contributed by atoms with Crippen LogP contribution in [0, 0.1) is 11.3 Å². The quantitative estimate of drug-likeness (QED) is 0.209. The molecule has 3 aliphatic heterocycles. The lowest BCUT2D eigenvalue weighted by Gasteiger charge is -2.40. The summed E-state index contributed by atoms with van der Waals surface area (Å²) in [4.78, 5) is 0. The zero-order valence-electron chi connectivity index (χ0n) is 30.7. The molecular formula is C42H52O8. The molecule has 0 amide bonds. The Bertz CT molecular complexity index is 1790. The third-order valence-corrected chi connectivity index (χ3v) is 9.96. The molecule has 2 aromatic rings. The Morgan fingerprint density at radius 2 is 1.84 bits per heavy atom. The maximum absolute atomic E-state index is 10.0. The summed E-state index contributed by atoms with van der Waals surface area (Å²) in [6, 6.07) is 3.86. The van der Waals surface area contributed by atoms with Gasteiger partial charge in [0.1, 0.15) is 40.8 Å².